The van der Waals surface area contributed by atoms with Crippen molar-refractivity contribution < 1.29 is 18.3 Å². The lowest BCUT2D eigenvalue weighted by molar-refractivity contribution is -0.146. The Balaban J connectivity index is 3.62. The molecule has 1 unspecified atom stereocenters. The maximum Gasteiger partial charge on any atom is 0.305 e. The summed E-state index contributed by atoms with van der Waals surface area (Å²) in [5.41, 5.74) is -0.00296. The molecule has 0 bridgehead atoms. The van der Waals surface area contributed by atoms with E-state index in [0.29, 0.717) is 13.0 Å². The second-order valence-electron chi connectivity index (χ2n) is 4.29. The van der Waals surface area contributed by atoms with Crippen LogP contribution >= 0.6 is 0 Å². The Labute approximate surface area is 93.7 Å². The van der Waals surface area contributed by atoms with Crippen LogP contribution in [0.25, 0.3) is 0 Å². The van der Waals surface area contributed by atoms with E-state index in [1.54, 1.807) is 0 Å². The maximum atomic E-state index is 11.2. The second kappa shape index (κ2) is 6.95. The molecule has 0 aliphatic rings. The number of ether oxygens (including phenoxy) is 1. The zero-order chi connectivity index (χ0) is 11.9. The molecule has 0 spiro atoms. The molecule has 90 valence electrons. The maximum absolute atomic E-state index is 11.2. The van der Waals surface area contributed by atoms with Crippen molar-refractivity contribution in [2.75, 3.05) is 12.4 Å². The van der Waals surface area contributed by atoms with Gasteiger partial charge in [-0.05, 0) is 18.3 Å². The molecule has 0 heterocycles. The first kappa shape index (κ1) is 14.6. The molecule has 0 saturated carbocycles. The van der Waals surface area contributed by atoms with Gasteiger partial charge in [0.2, 0.25) is 0 Å². The van der Waals surface area contributed by atoms with Gasteiger partial charge < -0.3 is 9.29 Å². The molecule has 0 fully saturated rings. The minimum absolute atomic E-state index is 0.00296. The van der Waals surface area contributed by atoms with Gasteiger partial charge in [-0.2, -0.15) is 0 Å². The lowest BCUT2D eigenvalue weighted by Gasteiger charge is -2.21. The van der Waals surface area contributed by atoms with Gasteiger partial charge >= 0.3 is 5.97 Å². The third kappa shape index (κ3) is 8.57. The van der Waals surface area contributed by atoms with Crippen LogP contribution < -0.4 is 0 Å². The number of carbonyl (C=O) groups excluding carboxylic acids is 1. The van der Waals surface area contributed by atoms with Crippen LogP contribution in [0.3, 0.4) is 0 Å². The van der Waals surface area contributed by atoms with Crippen LogP contribution in [-0.4, -0.2) is 27.1 Å². The topological polar surface area (TPSA) is 66.4 Å². The Bertz CT molecular complexity index is 225. The Hall–Kier alpha value is -0.420. The normalized spacial score (nSPS) is 13.6. The minimum Gasteiger partial charge on any atom is -0.772 e. The van der Waals surface area contributed by atoms with Crippen molar-refractivity contribution in [3.05, 3.63) is 0 Å². The summed E-state index contributed by atoms with van der Waals surface area (Å²) in [5, 5.41) is 0. The zero-order valence-electron chi connectivity index (χ0n) is 9.58. The lowest BCUT2D eigenvalue weighted by Crippen LogP contribution is -2.21. The van der Waals surface area contributed by atoms with Crippen molar-refractivity contribution in [1.82, 2.24) is 0 Å². The third-order valence-electron chi connectivity index (χ3n) is 2.27. The van der Waals surface area contributed by atoms with Crippen molar-refractivity contribution in [3.63, 3.8) is 0 Å². The molecule has 0 aromatic rings. The van der Waals surface area contributed by atoms with E-state index >= 15 is 0 Å². The average Bonchev–Trinajstić information content (AvgIpc) is 2.14. The molecule has 0 aromatic carbocycles. The summed E-state index contributed by atoms with van der Waals surface area (Å²) >= 11 is -2.06. The van der Waals surface area contributed by atoms with Gasteiger partial charge in [0.1, 0.15) is 0 Å². The quantitative estimate of drug-likeness (QED) is 0.497. The number of rotatable bonds is 7. The number of esters is 1. The van der Waals surface area contributed by atoms with E-state index < -0.39 is 11.1 Å². The predicted octanol–water partition coefficient (Wildman–Crippen LogP) is 1.63. The number of carbonyl (C=O) groups is 1. The Kier molecular flexibility index (Phi) is 6.76. The van der Waals surface area contributed by atoms with Gasteiger partial charge in [0.15, 0.2) is 0 Å². The fourth-order valence-corrected chi connectivity index (χ4v) is 1.16. The van der Waals surface area contributed by atoms with E-state index in [9.17, 15) is 13.6 Å². The van der Waals surface area contributed by atoms with Crippen LogP contribution in [0.5, 0.6) is 0 Å². The van der Waals surface area contributed by atoms with Gasteiger partial charge in [-0.15, -0.1) is 0 Å². The van der Waals surface area contributed by atoms with Crippen molar-refractivity contribution in [3.8, 4) is 0 Å². The van der Waals surface area contributed by atoms with Gasteiger partial charge in [-0.3, -0.25) is 9.00 Å². The van der Waals surface area contributed by atoms with Crippen LogP contribution in [0.1, 0.15) is 40.0 Å². The fraction of sp³-hybridized carbons (Fsp3) is 0.900. The molecule has 0 radical (unpaired) electrons. The van der Waals surface area contributed by atoms with Crippen LogP contribution in [0.2, 0.25) is 0 Å². The van der Waals surface area contributed by atoms with Gasteiger partial charge in [0.05, 0.1) is 6.61 Å². The number of hydrogen-bond acceptors (Lipinski definition) is 4. The standard InChI is InChI=1S/C10H20O4S/c1-4-10(2,3)8-14-9(11)6-5-7-15(12)13/h4-8H2,1-3H3,(H,12,13)/p-1. The van der Waals surface area contributed by atoms with Gasteiger partial charge in [0.25, 0.3) is 0 Å². The molecule has 0 aliphatic carbocycles. The van der Waals surface area contributed by atoms with E-state index in [1.807, 2.05) is 20.8 Å². The van der Waals surface area contributed by atoms with E-state index in [4.69, 9.17) is 4.74 Å². The molecule has 0 rings (SSSR count). The van der Waals surface area contributed by atoms with Crippen LogP contribution in [0.15, 0.2) is 0 Å². The molecule has 0 aliphatic heterocycles. The fourth-order valence-electron chi connectivity index (χ4n) is 0.784. The molecule has 15 heavy (non-hydrogen) atoms. The summed E-state index contributed by atoms with van der Waals surface area (Å²) in [6.45, 7) is 6.47. The van der Waals surface area contributed by atoms with Gasteiger partial charge in [-0.25, -0.2) is 0 Å². The highest BCUT2D eigenvalue weighted by atomic mass is 32.2. The van der Waals surface area contributed by atoms with Crippen molar-refractivity contribution in [2.45, 2.75) is 40.0 Å². The van der Waals surface area contributed by atoms with E-state index in [-0.39, 0.29) is 23.6 Å². The summed E-state index contributed by atoms with van der Waals surface area (Å²) in [4.78, 5) is 11.2. The lowest BCUT2D eigenvalue weighted by atomic mass is 9.92. The molecular formula is C10H19O4S-. The smallest absolute Gasteiger partial charge is 0.305 e. The first-order chi connectivity index (χ1) is 6.87. The largest absolute Gasteiger partial charge is 0.772 e. The van der Waals surface area contributed by atoms with Gasteiger partial charge in [-0.1, -0.05) is 31.9 Å². The molecule has 1 atom stereocenters. The average molecular weight is 235 g/mol. The molecular weight excluding hydrogens is 216 g/mol. The van der Waals surface area contributed by atoms with Crippen LogP contribution in [0, 0.1) is 5.41 Å². The van der Waals surface area contributed by atoms with Gasteiger partial charge in [0, 0.05) is 12.2 Å². The van der Waals surface area contributed by atoms with Crippen LogP contribution in [0.4, 0.5) is 0 Å². The van der Waals surface area contributed by atoms with E-state index in [2.05, 4.69) is 0 Å². The highest BCUT2D eigenvalue weighted by Gasteiger charge is 2.17. The highest BCUT2D eigenvalue weighted by molar-refractivity contribution is 7.79. The minimum atomic E-state index is -2.06. The van der Waals surface area contributed by atoms with E-state index in [0.717, 1.165) is 6.42 Å². The summed E-state index contributed by atoms with van der Waals surface area (Å²) < 4.78 is 25.4. The molecule has 0 amide bonds. The highest BCUT2D eigenvalue weighted by Crippen LogP contribution is 2.19. The molecule has 4 nitrogen and oxygen atoms in total. The monoisotopic (exact) mass is 235 g/mol. The molecule has 0 saturated heterocycles. The Morgan fingerprint density at radius 1 is 1.47 bits per heavy atom. The summed E-state index contributed by atoms with van der Waals surface area (Å²) in [7, 11) is 0. The predicted molar refractivity (Wildman–Crippen MR) is 58.1 cm³/mol. The molecule has 0 N–H and O–H groups in total. The van der Waals surface area contributed by atoms with Crippen molar-refractivity contribution in [2.24, 2.45) is 5.41 Å². The summed E-state index contributed by atoms with van der Waals surface area (Å²) in [6, 6.07) is 0. The SMILES string of the molecule is CCC(C)(C)COC(=O)CCCS(=O)[O-]. The summed E-state index contributed by atoms with van der Waals surface area (Å²) in [6.07, 6.45) is 1.44. The van der Waals surface area contributed by atoms with E-state index in [1.165, 1.54) is 0 Å². The molecule has 5 heteroatoms. The first-order valence-electron chi connectivity index (χ1n) is 5.09. The number of hydrogen-bond donors (Lipinski definition) is 0. The first-order valence-corrected chi connectivity index (χ1v) is 6.33. The second-order valence-corrected chi connectivity index (χ2v) is 5.31. The Morgan fingerprint density at radius 3 is 2.53 bits per heavy atom. The summed E-state index contributed by atoms with van der Waals surface area (Å²) in [5.74, 6) is -0.298. The van der Waals surface area contributed by atoms with Crippen LogP contribution in [-0.2, 0) is 20.6 Å². The van der Waals surface area contributed by atoms with Crippen molar-refractivity contribution >= 4 is 17.0 Å². The Morgan fingerprint density at radius 2 is 2.07 bits per heavy atom. The van der Waals surface area contributed by atoms with Crippen molar-refractivity contribution in [1.29, 1.82) is 0 Å². The molecule has 0 aromatic heterocycles. The third-order valence-corrected chi connectivity index (χ3v) is 2.89. The zero-order valence-corrected chi connectivity index (χ0v) is 10.4.